The number of hydrogen-bond acceptors (Lipinski definition) is 4. The summed E-state index contributed by atoms with van der Waals surface area (Å²) in [4.78, 5) is 0. The van der Waals surface area contributed by atoms with Crippen LogP contribution >= 0.6 is 0 Å². The minimum atomic E-state index is 0. The predicted octanol–water partition coefficient (Wildman–Crippen LogP) is -9.06. The topological polar surface area (TPSA) is 36.9 Å². The minimum Gasteiger partial charge on any atom is -1.00 e. The first-order valence-electron chi connectivity index (χ1n) is 4.05. The Balaban J connectivity index is -0.000000101. The molecule has 0 rings (SSSR count). The smallest absolute Gasteiger partial charge is 1.00 e. The quantitative estimate of drug-likeness (QED) is 0.313. The van der Waals surface area contributed by atoms with Crippen molar-refractivity contribution < 1.29 is 56.2 Å². The molecule has 0 amide bonds. The van der Waals surface area contributed by atoms with E-state index in [4.69, 9.17) is 18.9 Å². The first-order valence-corrected chi connectivity index (χ1v) is 4.05. The van der Waals surface area contributed by atoms with Crippen LogP contribution in [0, 0.1) is 0 Å². The molecule has 0 saturated carbocycles. The Hall–Kier alpha value is 1.24. The van der Waals surface area contributed by atoms with Crippen LogP contribution in [0.5, 0.6) is 0 Å². The van der Waals surface area contributed by atoms with E-state index in [1.807, 2.05) is 0 Å². The van der Waals surface area contributed by atoms with Gasteiger partial charge in [0.05, 0.1) is 39.6 Å². The standard InChI is InChI=1S/C8H18O4.Al.3ClH/c1-9-3-5-11-7-8-12-6-4-10-2;;;;/h3-8H2,1-2H3;;3*1H/q;+3;;;/p-3. The molecule has 0 aliphatic carbocycles. The number of halogens is 3. The summed E-state index contributed by atoms with van der Waals surface area (Å²) in [6.45, 7) is 3.77. The van der Waals surface area contributed by atoms with E-state index in [2.05, 4.69) is 0 Å². The predicted molar refractivity (Wildman–Crippen MR) is 51.1 cm³/mol. The van der Waals surface area contributed by atoms with E-state index < -0.39 is 0 Å². The summed E-state index contributed by atoms with van der Waals surface area (Å²) in [7, 11) is 3.30. The van der Waals surface area contributed by atoms with Gasteiger partial charge in [-0.15, -0.1) is 0 Å². The van der Waals surface area contributed by atoms with Gasteiger partial charge >= 0.3 is 17.4 Å². The zero-order valence-electron chi connectivity index (χ0n) is 9.59. The molecule has 98 valence electrons. The molecule has 0 fully saturated rings. The fraction of sp³-hybridized carbons (Fsp3) is 1.00. The first-order chi connectivity index (χ1) is 5.91. The molecule has 0 bridgehead atoms. The van der Waals surface area contributed by atoms with Crippen molar-refractivity contribution in [2.45, 2.75) is 0 Å². The third kappa shape index (κ3) is 29.5. The zero-order valence-corrected chi connectivity index (χ0v) is 13.0. The Labute approximate surface area is 127 Å². The largest absolute Gasteiger partial charge is 3.00 e. The van der Waals surface area contributed by atoms with Gasteiger partial charge in [-0.1, -0.05) is 0 Å². The van der Waals surface area contributed by atoms with Crippen LogP contribution < -0.4 is 37.2 Å². The molecule has 0 spiro atoms. The van der Waals surface area contributed by atoms with Crippen LogP contribution in [0.15, 0.2) is 0 Å². The maximum atomic E-state index is 5.16. The average molecular weight is 312 g/mol. The fourth-order valence-corrected chi connectivity index (χ4v) is 0.606. The van der Waals surface area contributed by atoms with Gasteiger partial charge in [0.1, 0.15) is 0 Å². The number of hydrogen-bond donors (Lipinski definition) is 0. The molecule has 0 aliphatic heterocycles. The van der Waals surface area contributed by atoms with Gasteiger partial charge in [0.15, 0.2) is 0 Å². The molecule has 0 saturated heterocycles. The molecule has 0 aliphatic rings. The van der Waals surface area contributed by atoms with Crippen molar-refractivity contribution >= 4 is 17.4 Å². The van der Waals surface area contributed by atoms with E-state index in [1.54, 1.807) is 14.2 Å². The molecule has 0 unspecified atom stereocenters. The third-order valence-electron chi connectivity index (χ3n) is 1.24. The average Bonchev–Trinajstić information content (AvgIpc) is 2.10. The normalized spacial score (nSPS) is 7.88. The molecule has 8 heteroatoms. The van der Waals surface area contributed by atoms with Crippen LogP contribution in [0.4, 0.5) is 0 Å². The Morgan fingerprint density at radius 2 is 0.812 bits per heavy atom. The minimum absolute atomic E-state index is 0. The van der Waals surface area contributed by atoms with E-state index >= 15 is 0 Å². The summed E-state index contributed by atoms with van der Waals surface area (Å²) in [6, 6.07) is 0. The second-order valence-electron chi connectivity index (χ2n) is 2.21. The summed E-state index contributed by atoms with van der Waals surface area (Å²) < 4.78 is 19.9. The molecule has 4 nitrogen and oxygen atoms in total. The molecule has 0 radical (unpaired) electrons. The van der Waals surface area contributed by atoms with Gasteiger partial charge in [-0.3, -0.25) is 0 Å². The van der Waals surface area contributed by atoms with Crippen LogP contribution in [-0.2, 0) is 18.9 Å². The van der Waals surface area contributed by atoms with Gasteiger partial charge in [0.25, 0.3) is 0 Å². The van der Waals surface area contributed by atoms with Crippen molar-refractivity contribution in [3.8, 4) is 0 Å². The Morgan fingerprint density at radius 3 is 1.06 bits per heavy atom. The third-order valence-corrected chi connectivity index (χ3v) is 1.24. The first kappa shape index (κ1) is 30.4. The summed E-state index contributed by atoms with van der Waals surface area (Å²) in [5.41, 5.74) is 0. The van der Waals surface area contributed by atoms with Gasteiger partial charge in [-0.05, 0) is 0 Å². The summed E-state index contributed by atoms with van der Waals surface area (Å²) >= 11 is 0. The second-order valence-corrected chi connectivity index (χ2v) is 2.21. The van der Waals surface area contributed by atoms with Crippen molar-refractivity contribution in [1.29, 1.82) is 0 Å². The van der Waals surface area contributed by atoms with Gasteiger partial charge < -0.3 is 56.2 Å². The van der Waals surface area contributed by atoms with Gasteiger partial charge in [0, 0.05) is 14.2 Å². The molecular weight excluding hydrogens is 293 g/mol. The number of methoxy groups -OCH3 is 2. The van der Waals surface area contributed by atoms with E-state index in [1.165, 1.54) is 0 Å². The van der Waals surface area contributed by atoms with Crippen LogP contribution in [0.1, 0.15) is 0 Å². The molecule has 0 aromatic heterocycles. The van der Waals surface area contributed by atoms with Crippen LogP contribution in [0.25, 0.3) is 0 Å². The Kier molecular flexibility index (Phi) is 56.6. The van der Waals surface area contributed by atoms with Crippen molar-refractivity contribution in [2.24, 2.45) is 0 Å². The van der Waals surface area contributed by atoms with E-state index in [0.29, 0.717) is 39.6 Å². The molecule has 0 N–H and O–H groups in total. The Bertz CT molecular complexity index is 83.7. The summed E-state index contributed by atoms with van der Waals surface area (Å²) in [5.74, 6) is 0. The van der Waals surface area contributed by atoms with E-state index in [0.717, 1.165) is 0 Å². The zero-order chi connectivity index (χ0) is 9.07. The fourth-order valence-electron chi connectivity index (χ4n) is 0.606. The number of ether oxygens (including phenoxy) is 4. The van der Waals surface area contributed by atoms with Crippen molar-refractivity contribution in [3.05, 3.63) is 0 Å². The van der Waals surface area contributed by atoms with Crippen LogP contribution in [0.3, 0.4) is 0 Å². The second kappa shape index (κ2) is 29.9. The summed E-state index contributed by atoms with van der Waals surface area (Å²) in [6.07, 6.45) is 0. The molecule has 0 atom stereocenters. The van der Waals surface area contributed by atoms with Gasteiger partial charge in [-0.25, -0.2) is 0 Å². The molecule has 0 heterocycles. The SMILES string of the molecule is COCCOCCOCCOC.[Al+3].[Cl-].[Cl-].[Cl-]. The van der Waals surface area contributed by atoms with Gasteiger partial charge in [0.2, 0.25) is 0 Å². The van der Waals surface area contributed by atoms with Gasteiger partial charge in [-0.2, -0.15) is 0 Å². The van der Waals surface area contributed by atoms with E-state index in [-0.39, 0.29) is 54.6 Å². The molecule has 0 aromatic carbocycles. The molecule has 0 aromatic rings. The molecule has 16 heavy (non-hydrogen) atoms. The Morgan fingerprint density at radius 1 is 0.562 bits per heavy atom. The maximum absolute atomic E-state index is 5.16. The van der Waals surface area contributed by atoms with Crippen molar-refractivity contribution in [3.63, 3.8) is 0 Å². The van der Waals surface area contributed by atoms with Crippen molar-refractivity contribution in [2.75, 3.05) is 53.9 Å². The van der Waals surface area contributed by atoms with Crippen molar-refractivity contribution in [1.82, 2.24) is 0 Å². The van der Waals surface area contributed by atoms with Crippen LogP contribution in [-0.4, -0.2) is 71.2 Å². The molecular formula is C8H18AlCl3O4. The number of rotatable bonds is 9. The summed E-state index contributed by atoms with van der Waals surface area (Å²) in [5, 5.41) is 0. The van der Waals surface area contributed by atoms with E-state index in [9.17, 15) is 0 Å². The maximum Gasteiger partial charge on any atom is 3.00 e. The van der Waals surface area contributed by atoms with Crippen LogP contribution in [0.2, 0.25) is 0 Å². The monoisotopic (exact) mass is 310 g/mol.